The zero-order chi connectivity index (χ0) is 11.8. The van der Waals surface area contributed by atoms with Crippen molar-refractivity contribution in [2.75, 3.05) is 13.1 Å². The standard InChI is InChI=1S/C14H24N2/c1-12(2)11-16-9-3-4-13-5-7-14(10-15)8-6-13/h5-8,12,16H,3-4,9-11,15H2,1-2H3. The molecule has 3 N–H and O–H groups in total. The third kappa shape index (κ3) is 5.29. The topological polar surface area (TPSA) is 38.0 Å². The number of aryl methyl sites for hydroxylation is 1. The van der Waals surface area contributed by atoms with Crippen LogP contribution in [0.4, 0.5) is 0 Å². The molecule has 16 heavy (non-hydrogen) atoms. The smallest absolute Gasteiger partial charge is 0.0178 e. The minimum absolute atomic E-state index is 0.635. The molecule has 90 valence electrons. The number of nitrogens with one attached hydrogen (secondary N) is 1. The Balaban J connectivity index is 2.16. The Morgan fingerprint density at radius 2 is 1.75 bits per heavy atom. The van der Waals surface area contributed by atoms with Gasteiger partial charge < -0.3 is 11.1 Å². The zero-order valence-corrected chi connectivity index (χ0v) is 10.5. The van der Waals surface area contributed by atoms with Crippen molar-refractivity contribution in [1.29, 1.82) is 0 Å². The Bertz CT molecular complexity index is 277. The highest BCUT2D eigenvalue weighted by molar-refractivity contribution is 5.22. The Hall–Kier alpha value is -0.860. The van der Waals surface area contributed by atoms with Gasteiger partial charge in [-0.25, -0.2) is 0 Å². The van der Waals surface area contributed by atoms with Crippen molar-refractivity contribution in [3.8, 4) is 0 Å². The summed E-state index contributed by atoms with van der Waals surface area (Å²) >= 11 is 0. The van der Waals surface area contributed by atoms with Crippen molar-refractivity contribution >= 4 is 0 Å². The first-order valence-electron chi connectivity index (χ1n) is 6.21. The van der Waals surface area contributed by atoms with Crippen LogP contribution in [-0.2, 0) is 13.0 Å². The quantitative estimate of drug-likeness (QED) is 0.692. The van der Waals surface area contributed by atoms with E-state index in [-0.39, 0.29) is 0 Å². The average Bonchev–Trinajstić information content (AvgIpc) is 2.29. The molecule has 0 saturated carbocycles. The Morgan fingerprint density at radius 1 is 1.12 bits per heavy atom. The first-order valence-corrected chi connectivity index (χ1v) is 6.21. The molecule has 0 amide bonds. The van der Waals surface area contributed by atoms with Gasteiger partial charge in [-0.15, -0.1) is 0 Å². The first kappa shape index (κ1) is 13.2. The van der Waals surface area contributed by atoms with E-state index in [4.69, 9.17) is 5.73 Å². The molecule has 0 saturated heterocycles. The van der Waals surface area contributed by atoms with Gasteiger partial charge >= 0.3 is 0 Å². The Kier molecular flexibility index (Phi) is 6.12. The van der Waals surface area contributed by atoms with Crippen LogP contribution in [0.25, 0.3) is 0 Å². The van der Waals surface area contributed by atoms with E-state index in [1.165, 1.54) is 17.5 Å². The van der Waals surface area contributed by atoms with Crippen molar-refractivity contribution in [3.05, 3.63) is 35.4 Å². The molecular weight excluding hydrogens is 196 g/mol. The molecule has 0 fully saturated rings. The molecule has 0 bridgehead atoms. The van der Waals surface area contributed by atoms with E-state index >= 15 is 0 Å². The molecule has 0 heterocycles. The molecule has 0 unspecified atom stereocenters. The van der Waals surface area contributed by atoms with E-state index in [0.717, 1.165) is 25.4 Å². The van der Waals surface area contributed by atoms with Crippen LogP contribution >= 0.6 is 0 Å². The molecule has 0 aliphatic carbocycles. The summed E-state index contributed by atoms with van der Waals surface area (Å²) in [7, 11) is 0. The predicted octanol–water partition coefficient (Wildman–Crippen LogP) is 2.32. The number of hydrogen-bond donors (Lipinski definition) is 2. The second-order valence-electron chi connectivity index (χ2n) is 4.72. The maximum Gasteiger partial charge on any atom is 0.0178 e. The summed E-state index contributed by atoms with van der Waals surface area (Å²) < 4.78 is 0. The second kappa shape index (κ2) is 7.42. The van der Waals surface area contributed by atoms with Gasteiger partial charge in [0, 0.05) is 6.54 Å². The molecular formula is C14H24N2. The van der Waals surface area contributed by atoms with Crippen molar-refractivity contribution in [2.24, 2.45) is 11.7 Å². The van der Waals surface area contributed by atoms with Crippen molar-refractivity contribution in [1.82, 2.24) is 5.32 Å². The molecule has 1 rings (SSSR count). The summed E-state index contributed by atoms with van der Waals surface area (Å²) in [6, 6.07) is 8.61. The number of nitrogens with two attached hydrogens (primary N) is 1. The van der Waals surface area contributed by atoms with Crippen molar-refractivity contribution in [2.45, 2.75) is 33.2 Å². The van der Waals surface area contributed by atoms with E-state index in [9.17, 15) is 0 Å². The van der Waals surface area contributed by atoms with Crippen LogP contribution in [-0.4, -0.2) is 13.1 Å². The first-order chi connectivity index (χ1) is 7.72. The largest absolute Gasteiger partial charge is 0.326 e. The summed E-state index contributed by atoms with van der Waals surface area (Å²) in [6.07, 6.45) is 2.35. The summed E-state index contributed by atoms with van der Waals surface area (Å²) in [5, 5.41) is 3.46. The molecule has 0 aromatic heterocycles. The second-order valence-corrected chi connectivity index (χ2v) is 4.72. The predicted molar refractivity (Wildman–Crippen MR) is 70.4 cm³/mol. The minimum atomic E-state index is 0.635. The monoisotopic (exact) mass is 220 g/mol. The van der Waals surface area contributed by atoms with Crippen LogP contribution in [0.3, 0.4) is 0 Å². The molecule has 1 aromatic carbocycles. The molecule has 0 aliphatic heterocycles. The van der Waals surface area contributed by atoms with Crippen molar-refractivity contribution in [3.63, 3.8) is 0 Å². The summed E-state index contributed by atoms with van der Waals surface area (Å²) in [5.41, 5.74) is 8.17. The molecule has 2 heteroatoms. The fraction of sp³-hybridized carbons (Fsp3) is 0.571. The molecule has 0 spiro atoms. The SMILES string of the molecule is CC(C)CNCCCc1ccc(CN)cc1. The maximum atomic E-state index is 5.56. The van der Waals surface area contributed by atoms with Gasteiger partial charge in [0.1, 0.15) is 0 Å². The third-order valence-electron chi connectivity index (χ3n) is 2.63. The third-order valence-corrected chi connectivity index (χ3v) is 2.63. The highest BCUT2D eigenvalue weighted by Gasteiger charge is 1.95. The Labute approximate surface area is 99.2 Å². The maximum absolute atomic E-state index is 5.56. The van der Waals surface area contributed by atoms with E-state index in [0.29, 0.717) is 6.54 Å². The van der Waals surface area contributed by atoms with Gasteiger partial charge in [0.25, 0.3) is 0 Å². The molecule has 2 nitrogen and oxygen atoms in total. The Morgan fingerprint density at radius 3 is 2.31 bits per heavy atom. The van der Waals surface area contributed by atoms with Gasteiger partial charge in [-0.05, 0) is 43.0 Å². The zero-order valence-electron chi connectivity index (χ0n) is 10.5. The summed E-state index contributed by atoms with van der Waals surface area (Å²) in [4.78, 5) is 0. The summed E-state index contributed by atoms with van der Waals surface area (Å²) in [5.74, 6) is 0.740. The number of rotatable bonds is 7. The lowest BCUT2D eigenvalue weighted by Gasteiger charge is -2.07. The van der Waals surface area contributed by atoms with Gasteiger partial charge in [-0.3, -0.25) is 0 Å². The number of benzene rings is 1. The van der Waals surface area contributed by atoms with E-state index in [1.54, 1.807) is 0 Å². The van der Waals surface area contributed by atoms with Crippen LogP contribution in [0.15, 0.2) is 24.3 Å². The molecule has 0 radical (unpaired) electrons. The van der Waals surface area contributed by atoms with Crippen LogP contribution in [0.5, 0.6) is 0 Å². The van der Waals surface area contributed by atoms with E-state index < -0.39 is 0 Å². The molecule has 0 atom stereocenters. The fourth-order valence-corrected chi connectivity index (χ4v) is 1.65. The normalized spacial score (nSPS) is 11.0. The molecule has 0 aliphatic rings. The molecule has 1 aromatic rings. The van der Waals surface area contributed by atoms with Crippen molar-refractivity contribution < 1.29 is 0 Å². The van der Waals surface area contributed by atoms with E-state index in [1.807, 2.05) is 0 Å². The lowest BCUT2D eigenvalue weighted by molar-refractivity contribution is 0.543. The lowest BCUT2D eigenvalue weighted by atomic mass is 10.1. The fourth-order valence-electron chi connectivity index (χ4n) is 1.65. The van der Waals surface area contributed by atoms with Crippen LogP contribution < -0.4 is 11.1 Å². The summed E-state index contributed by atoms with van der Waals surface area (Å²) in [6.45, 7) is 7.33. The van der Waals surface area contributed by atoms with Gasteiger partial charge in [-0.2, -0.15) is 0 Å². The number of hydrogen-bond acceptors (Lipinski definition) is 2. The van der Waals surface area contributed by atoms with Crippen LogP contribution in [0.2, 0.25) is 0 Å². The van der Waals surface area contributed by atoms with Crippen LogP contribution in [0.1, 0.15) is 31.4 Å². The van der Waals surface area contributed by atoms with E-state index in [2.05, 4.69) is 43.4 Å². The minimum Gasteiger partial charge on any atom is -0.326 e. The van der Waals surface area contributed by atoms with Gasteiger partial charge in [0.15, 0.2) is 0 Å². The highest BCUT2D eigenvalue weighted by Crippen LogP contribution is 2.05. The van der Waals surface area contributed by atoms with Crippen LogP contribution in [0, 0.1) is 5.92 Å². The average molecular weight is 220 g/mol. The van der Waals surface area contributed by atoms with Gasteiger partial charge in [0.05, 0.1) is 0 Å². The van der Waals surface area contributed by atoms with Gasteiger partial charge in [0.2, 0.25) is 0 Å². The lowest BCUT2D eigenvalue weighted by Crippen LogP contribution is -2.21. The highest BCUT2D eigenvalue weighted by atomic mass is 14.8. The van der Waals surface area contributed by atoms with Gasteiger partial charge in [-0.1, -0.05) is 38.1 Å².